The van der Waals surface area contributed by atoms with Crippen molar-refractivity contribution >= 4 is 11.8 Å². The van der Waals surface area contributed by atoms with E-state index >= 15 is 0 Å². The van der Waals surface area contributed by atoms with Crippen LogP contribution in [-0.2, 0) is 9.59 Å². The second-order valence-electron chi connectivity index (χ2n) is 6.63. The second kappa shape index (κ2) is 9.72. The molecule has 0 bridgehead atoms. The highest BCUT2D eigenvalue weighted by Gasteiger charge is 2.10. The third-order valence-electron chi connectivity index (χ3n) is 1.95. The molecule has 5 N–H and O–H groups in total. The first kappa shape index (κ1) is 21.2. The third-order valence-corrected chi connectivity index (χ3v) is 1.95. The molecule has 0 aromatic rings. The van der Waals surface area contributed by atoms with E-state index in [4.69, 9.17) is 5.73 Å². The molecular weight excluding hydrogens is 256 g/mol. The molecule has 0 spiro atoms. The van der Waals surface area contributed by atoms with Gasteiger partial charge in [-0.05, 0) is 48.5 Å². The number of amides is 2. The first-order valence-electron chi connectivity index (χ1n) is 6.92. The Kier molecular flexibility index (Phi) is 10.3. The Morgan fingerprint density at radius 1 is 0.900 bits per heavy atom. The number of hydrogen-bond acceptors (Lipinski definition) is 4. The Morgan fingerprint density at radius 2 is 1.30 bits per heavy atom. The summed E-state index contributed by atoms with van der Waals surface area (Å²) < 4.78 is 0. The van der Waals surface area contributed by atoms with Gasteiger partial charge in [0.2, 0.25) is 11.8 Å². The van der Waals surface area contributed by atoms with E-state index in [1.165, 1.54) is 0 Å². The molecule has 120 valence electrons. The summed E-state index contributed by atoms with van der Waals surface area (Å²) in [7, 11) is 0. The molecule has 0 radical (unpaired) electrons. The zero-order chi connectivity index (χ0) is 16.4. The van der Waals surface area contributed by atoms with Gasteiger partial charge >= 0.3 is 0 Å². The Balaban J connectivity index is 0. The van der Waals surface area contributed by atoms with Gasteiger partial charge in [0, 0.05) is 17.6 Å². The smallest absolute Gasteiger partial charge is 0.233 e. The van der Waals surface area contributed by atoms with Crippen LogP contribution in [0.2, 0.25) is 0 Å². The molecule has 0 aliphatic carbocycles. The zero-order valence-electron chi connectivity index (χ0n) is 14.0. The van der Waals surface area contributed by atoms with Crippen molar-refractivity contribution in [3.63, 3.8) is 0 Å². The van der Waals surface area contributed by atoms with Crippen LogP contribution in [0.4, 0.5) is 0 Å². The van der Waals surface area contributed by atoms with E-state index in [-0.39, 0.29) is 29.4 Å². The average Bonchev–Trinajstić information content (AvgIpc) is 2.23. The van der Waals surface area contributed by atoms with Crippen molar-refractivity contribution in [1.29, 1.82) is 0 Å². The number of likely N-dealkylation sites (N-methyl/N-ethyl adjacent to an activating group) is 1. The molecular formula is C14H32N4O2. The fourth-order valence-electron chi connectivity index (χ4n) is 0.957. The van der Waals surface area contributed by atoms with E-state index in [0.717, 1.165) is 0 Å². The van der Waals surface area contributed by atoms with Crippen LogP contribution in [0.5, 0.6) is 0 Å². The maximum absolute atomic E-state index is 10.9. The molecule has 0 atom stereocenters. The predicted molar refractivity (Wildman–Crippen MR) is 83.4 cm³/mol. The van der Waals surface area contributed by atoms with Crippen LogP contribution in [0.3, 0.4) is 0 Å². The summed E-state index contributed by atoms with van der Waals surface area (Å²) >= 11 is 0. The molecule has 0 aromatic carbocycles. The molecule has 6 heteroatoms. The summed E-state index contributed by atoms with van der Waals surface area (Å²) in [5.74, 6) is -0.257. The van der Waals surface area contributed by atoms with Crippen molar-refractivity contribution in [2.75, 3.05) is 19.6 Å². The number of nitrogens with two attached hydrogens (primary N) is 1. The van der Waals surface area contributed by atoms with E-state index in [1.807, 2.05) is 48.5 Å². The van der Waals surface area contributed by atoms with Gasteiger partial charge in [-0.15, -0.1) is 0 Å². The highest BCUT2D eigenvalue weighted by atomic mass is 16.2. The summed E-state index contributed by atoms with van der Waals surface area (Å²) in [4.78, 5) is 21.1. The molecule has 0 heterocycles. The largest absolute Gasteiger partial charge is 0.369 e. The normalized spacial score (nSPS) is 11.3. The van der Waals surface area contributed by atoms with Gasteiger partial charge in [0.1, 0.15) is 0 Å². The van der Waals surface area contributed by atoms with E-state index in [0.29, 0.717) is 13.1 Å². The van der Waals surface area contributed by atoms with Crippen LogP contribution in [0.15, 0.2) is 0 Å². The summed E-state index contributed by atoms with van der Waals surface area (Å²) in [6.07, 6.45) is 0. The minimum atomic E-state index is -0.315. The summed E-state index contributed by atoms with van der Waals surface area (Å²) in [6.45, 7) is 15.3. The Hall–Kier alpha value is -1.14. The number of carbonyl (C=O) groups excluding carboxylic acids is 2. The first-order valence-corrected chi connectivity index (χ1v) is 6.92. The maximum atomic E-state index is 10.9. The lowest BCUT2D eigenvalue weighted by molar-refractivity contribution is -0.120. The number of hydrogen-bond donors (Lipinski definition) is 4. The van der Waals surface area contributed by atoms with E-state index in [2.05, 4.69) is 16.0 Å². The van der Waals surface area contributed by atoms with Crippen LogP contribution in [0.25, 0.3) is 0 Å². The lowest BCUT2D eigenvalue weighted by Gasteiger charge is -2.19. The van der Waals surface area contributed by atoms with Crippen LogP contribution >= 0.6 is 0 Å². The average molecular weight is 288 g/mol. The van der Waals surface area contributed by atoms with Crippen molar-refractivity contribution in [3.8, 4) is 0 Å². The zero-order valence-corrected chi connectivity index (χ0v) is 14.0. The summed E-state index contributed by atoms with van der Waals surface area (Å²) in [6, 6.07) is 0. The van der Waals surface area contributed by atoms with Gasteiger partial charge in [-0.1, -0.05) is 0 Å². The van der Waals surface area contributed by atoms with Crippen molar-refractivity contribution in [3.05, 3.63) is 0 Å². The lowest BCUT2D eigenvalue weighted by atomic mass is 10.1. The number of rotatable bonds is 5. The van der Waals surface area contributed by atoms with Crippen molar-refractivity contribution in [2.45, 2.75) is 59.5 Å². The van der Waals surface area contributed by atoms with Gasteiger partial charge in [0.15, 0.2) is 0 Å². The second-order valence-corrected chi connectivity index (χ2v) is 6.63. The highest BCUT2D eigenvalue weighted by Crippen LogP contribution is 1.96. The first-order chi connectivity index (χ1) is 8.87. The molecule has 0 aliphatic heterocycles. The molecule has 0 aliphatic rings. The highest BCUT2D eigenvalue weighted by molar-refractivity contribution is 5.78. The van der Waals surface area contributed by atoms with Crippen LogP contribution in [-0.4, -0.2) is 42.5 Å². The number of primary amides is 1. The monoisotopic (exact) mass is 288 g/mol. The fourth-order valence-corrected chi connectivity index (χ4v) is 0.957. The fraction of sp³-hybridized carbons (Fsp3) is 0.857. The molecule has 2 amide bonds. The third kappa shape index (κ3) is 22.1. The van der Waals surface area contributed by atoms with Gasteiger partial charge in [-0.3, -0.25) is 9.59 Å². The van der Waals surface area contributed by atoms with E-state index < -0.39 is 0 Å². The molecule has 20 heavy (non-hydrogen) atoms. The molecule has 0 fully saturated rings. The Morgan fingerprint density at radius 3 is 1.55 bits per heavy atom. The van der Waals surface area contributed by atoms with Crippen molar-refractivity contribution in [2.24, 2.45) is 5.73 Å². The molecule has 0 saturated heterocycles. The predicted octanol–water partition coefficient (Wildman–Crippen LogP) is 0.370. The minimum Gasteiger partial charge on any atom is -0.369 e. The lowest BCUT2D eigenvalue weighted by Crippen LogP contribution is -2.43. The van der Waals surface area contributed by atoms with Gasteiger partial charge in [0.05, 0.1) is 13.1 Å². The molecule has 0 aromatic heterocycles. The van der Waals surface area contributed by atoms with Gasteiger partial charge in [0.25, 0.3) is 0 Å². The molecule has 0 rings (SSSR count). The van der Waals surface area contributed by atoms with Gasteiger partial charge < -0.3 is 21.7 Å². The van der Waals surface area contributed by atoms with Gasteiger partial charge in [-0.25, -0.2) is 0 Å². The van der Waals surface area contributed by atoms with Crippen LogP contribution in [0, 0.1) is 0 Å². The topological polar surface area (TPSA) is 96.2 Å². The Bertz CT molecular complexity index is 291. The summed E-state index contributed by atoms with van der Waals surface area (Å²) in [5.41, 5.74) is 4.90. The molecule has 0 saturated carbocycles. The number of nitrogens with one attached hydrogen (secondary N) is 3. The van der Waals surface area contributed by atoms with E-state index in [1.54, 1.807) is 0 Å². The van der Waals surface area contributed by atoms with Crippen molar-refractivity contribution < 1.29 is 9.59 Å². The minimum absolute atomic E-state index is 0.0188. The SMILES string of the molecule is CC(C)(C)NCC(N)=O.CCNC(=O)CNC(C)(C)C. The summed E-state index contributed by atoms with van der Waals surface area (Å²) in [5, 5.41) is 8.76. The standard InChI is InChI=1S/C8H18N2O.C6H14N2O/c1-5-9-7(11)6-10-8(2,3)4;1-6(2,3)8-4-5(7)9/h10H,5-6H2,1-4H3,(H,9,11);8H,4H2,1-3H3,(H2,7,9). The number of carbonyl (C=O) groups is 2. The van der Waals surface area contributed by atoms with Crippen molar-refractivity contribution in [1.82, 2.24) is 16.0 Å². The van der Waals surface area contributed by atoms with Gasteiger partial charge in [-0.2, -0.15) is 0 Å². The van der Waals surface area contributed by atoms with Crippen LogP contribution in [0.1, 0.15) is 48.5 Å². The molecule has 6 nitrogen and oxygen atoms in total. The molecule has 0 unspecified atom stereocenters. The van der Waals surface area contributed by atoms with E-state index in [9.17, 15) is 9.59 Å². The Labute approximate surface area is 123 Å². The quantitative estimate of drug-likeness (QED) is 0.588. The maximum Gasteiger partial charge on any atom is 0.233 e. The van der Waals surface area contributed by atoms with Crippen LogP contribution < -0.4 is 21.7 Å².